The van der Waals surface area contributed by atoms with Crippen LogP contribution in [0.15, 0.2) is 42.5 Å². The van der Waals surface area contributed by atoms with E-state index in [1.54, 1.807) is 24.3 Å². The first-order valence-corrected chi connectivity index (χ1v) is 9.56. The van der Waals surface area contributed by atoms with Gasteiger partial charge in [0.05, 0.1) is 12.2 Å². The SMILES string of the molecule is N=C1NCc2cc(NC(=O)[C@H](O)C3OCCN(c4cccc(C(=O)O)c4)C3=O)ccc21. The number of carbonyl (C=O) groups is 3. The number of hydrogen-bond acceptors (Lipinski definition) is 6. The molecule has 2 aromatic rings. The second-order valence-corrected chi connectivity index (χ2v) is 7.17. The van der Waals surface area contributed by atoms with Crippen molar-refractivity contribution >= 4 is 35.0 Å². The van der Waals surface area contributed by atoms with E-state index in [1.807, 2.05) is 0 Å². The van der Waals surface area contributed by atoms with Gasteiger partial charge in [0.2, 0.25) is 0 Å². The largest absolute Gasteiger partial charge is 0.478 e. The highest BCUT2D eigenvalue weighted by Crippen LogP contribution is 2.23. The third kappa shape index (κ3) is 3.98. The second-order valence-electron chi connectivity index (χ2n) is 7.17. The van der Waals surface area contributed by atoms with Gasteiger partial charge >= 0.3 is 5.97 Å². The van der Waals surface area contributed by atoms with Gasteiger partial charge in [0.15, 0.2) is 12.2 Å². The summed E-state index contributed by atoms with van der Waals surface area (Å²) in [5.41, 5.74) is 2.37. The van der Waals surface area contributed by atoms with Crippen molar-refractivity contribution in [3.8, 4) is 0 Å². The number of carboxylic acid groups (broad SMARTS) is 1. The Kier molecular flexibility index (Phi) is 5.40. The normalized spacial score (nSPS) is 18.9. The minimum atomic E-state index is -1.76. The highest BCUT2D eigenvalue weighted by atomic mass is 16.5. The molecule has 0 aliphatic carbocycles. The zero-order chi connectivity index (χ0) is 22.1. The van der Waals surface area contributed by atoms with Crippen molar-refractivity contribution in [2.75, 3.05) is 23.4 Å². The van der Waals surface area contributed by atoms with Gasteiger partial charge in [-0.15, -0.1) is 0 Å². The molecule has 2 aromatic carbocycles. The summed E-state index contributed by atoms with van der Waals surface area (Å²) in [4.78, 5) is 37.9. The molecule has 0 saturated carbocycles. The number of morpholine rings is 1. The summed E-state index contributed by atoms with van der Waals surface area (Å²) in [5.74, 6) is -2.26. The number of nitrogens with zero attached hydrogens (tertiary/aromatic N) is 1. The Morgan fingerprint density at radius 1 is 1.26 bits per heavy atom. The molecule has 4 rings (SSSR count). The lowest BCUT2D eigenvalue weighted by atomic mass is 10.1. The number of rotatable bonds is 5. The van der Waals surface area contributed by atoms with Crippen molar-refractivity contribution in [2.24, 2.45) is 0 Å². The number of amides is 2. The molecule has 10 nitrogen and oxygen atoms in total. The lowest BCUT2D eigenvalue weighted by Gasteiger charge is -2.34. The maximum absolute atomic E-state index is 12.9. The smallest absolute Gasteiger partial charge is 0.335 e. The van der Waals surface area contributed by atoms with E-state index in [2.05, 4.69) is 10.6 Å². The molecule has 2 atom stereocenters. The van der Waals surface area contributed by atoms with Crippen LogP contribution in [-0.4, -0.2) is 59.2 Å². The molecule has 0 bridgehead atoms. The molecule has 2 aliphatic rings. The predicted octanol–water partition coefficient (Wildman–Crippen LogP) is 0.545. The Labute approximate surface area is 176 Å². The molecule has 0 spiro atoms. The zero-order valence-corrected chi connectivity index (χ0v) is 16.3. The number of aliphatic hydroxyl groups excluding tert-OH is 1. The molecule has 2 heterocycles. The maximum Gasteiger partial charge on any atom is 0.335 e. The number of carboxylic acids is 1. The van der Waals surface area contributed by atoms with Crippen LogP contribution < -0.4 is 15.5 Å². The number of amidine groups is 1. The maximum atomic E-state index is 12.9. The minimum Gasteiger partial charge on any atom is -0.478 e. The summed E-state index contributed by atoms with van der Waals surface area (Å²) in [6.07, 6.45) is -3.19. The minimum absolute atomic E-state index is 0.0193. The first-order valence-electron chi connectivity index (χ1n) is 9.56. The number of fused-ring (bicyclic) bond motifs is 1. The molecular formula is C21H20N4O6. The number of aromatic carboxylic acids is 1. The van der Waals surface area contributed by atoms with Crippen LogP contribution in [0.5, 0.6) is 0 Å². The highest BCUT2D eigenvalue weighted by molar-refractivity contribution is 6.05. The number of anilines is 2. The molecule has 2 aliphatic heterocycles. The third-order valence-electron chi connectivity index (χ3n) is 5.18. The summed E-state index contributed by atoms with van der Waals surface area (Å²) < 4.78 is 5.37. The van der Waals surface area contributed by atoms with E-state index in [0.29, 0.717) is 23.8 Å². The van der Waals surface area contributed by atoms with Gasteiger partial charge in [-0.25, -0.2) is 4.79 Å². The number of benzene rings is 2. The molecule has 160 valence electrons. The van der Waals surface area contributed by atoms with Crippen LogP contribution in [0.3, 0.4) is 0 Å². The topological polar surface area (TPSA) is 152 Å². The Bertz CT molecular complexity index is 1090. The summed E-state index contributed by atoms with van der Waals surface area (Å²) in [6.45, 7) is 0.705. The second kappa shape index (κ2) is 8.17. The molecule has 0 radical (unpaired) electrons. The van der Waals surface area contributed by atoms with E-state index in [9.17, 15) is 19.5 Å². The Morgan fingerprint density at radius 2 is 2.06 bits per heavy atom. The van der Waals surface area contributed by atoms with Gasteiger partial charge < -0.3 is 30.5 Å². The average Bonchev–Trinajstić information content (AvgIpc) is 3.13. The monoisotopic (exact) mass is 424 g/mol. The van der Waals surface area contributed by atoms with E-state index in [0.717, 1.165) is 11.1 Å². The summed E-state index contributed by atoms with van der Waals surface area (Å²) in [7, 11) is 0. The number of ether oxygens (including phenoxy) is 1. The van der Waals surface area contributed by atoms with E-state index >= 15 is 0 Å². The van der Waals surface area contributed by atoms with Crippen molar-refractivity contribution in [1.29, 1.82) is 5.41 Å². The number of carbonyl (C=O) groups excluding carboxylic acids is 2. The lowest BCUT2D eigenvalue weighted by molar-refractivity contribution is -0.150. The van der Waals surface area contributed by atoms with Crippen LogP contribution in [0.1, 0.15) is 21.5 Å². The van der Waals surface area contributed by atoms with E-state index < -0.39 is 30.0 Å². The summed E-state index contributed by atoms with van der Waals surface area (Å²) in [5, 5.41) is 32.9. The third-order valence-corrected chi connectivity index (χ3v) is 5.18. The van der Waals surface area contributed by atoms with Crippen LogP contribution in [0.4, 0.5) is 11.4 Å². The van der Waals surface area contributed by atoms with Gasteiger partial charge in [-0.3, -0.25) is 15.0 Å². The zero-order valence-electron chi connectivity index (χ0n) is 16.3. The fraction of sp³-hybridized carbons (Fsp3) is 0.238. The van der Waals surface area contributed by atoms with Gasteiger partial charge in [0.25, 0.3) is 11.8 Å². The lowest BCUT2D eigenvalue weighted by Crippen LogP contribution is -2.55. The van der Waals surface area contributed by atoms with Crippen LogP contribution in [-0.2, 0) is 20.9 Å². The first kappa shape index (κ1) is 20.5. The van der Waals surface area contributed by atoms with Gasteiger partial charge in [-0.2, -0.15) is 0 Å². The van der Waals surface area contributed by atoms with Crippen molar-refractivity contribution < 1.29 is 29.3 Å². The van der Waals surface area contributed by atoms with Crippen LogP contribution in [0, 0.1) is 5.41 Å². The van der Waals surface area contributed by atoms with Gasteiger partial charge in [-0.1, -0.05) is 6.07 Å². The van der Waals surface area contributed by atoms with Gasteiger partial charge in [-0.05, 0) is 42.0 Å². The molecule has 1 saturated heterocycles. The Hall–Kier alpha value is -3.76. The van der Waals surface area contributed by atoms with E-state index in [1.165, 1.54) is 23.1 Å². The molecule has 10 heteroatoms. The number of hydrogen-bond donors (Lipinski definition) is 5. The predicted molar refractivity (Wildman–Crippen MR) is 110 cm³/mol. The van der Waals surface area contributed by atoms with Crippen molar-refractivity contribution in [3.05, 3.63) is 59.2 Å². The molecule has 0 aromatic heterocycles. The molecule has 31 heavy (non-hydrogen) atoms. The van der Waals surface area contributed by atoms with Crippen LogP contribution >= 0.6 is 0 Å². The van der Waals surface area contributed by atoms with Crippen molar-refractivity contribution in [3.63, 3.8) is 0 Å². The first-order chi connectivity index (χ1) is 14.8. The number of nitrogens with one attached hydrogen (secondary N) is 3. The molecule has 5 N–H and O–H groups in total. The quantitative estimate of drug-likeness (QED) is 0.470. The highest BCUT2D eigenvalue weighted by Gasteiger charge is 2.39. The van der Waals surface area contributed by atoms with E-state index in [-0.39, 0.29) is 18.7 Å². The Balaban J connectivity index is 1.47. The van der Waals surface area contributed by atoms with Crippen LogP contribution in [0.25, 0.3) is 0 Å². The number of aliphatic hydroxyl groups is 1. The van der Waals surface area contributed by atoms with E-state index in [4.69, 9.17) is 15.3 Å². The Morgan fingerprint density at radius 3 is 2.84 bits per heavy atom. The standard InChI is InChI=1S/C21H20N4O6/c22-18-15-5-4-13(8-12(15)10-23-18)24-19(27)16(26)17-20(28)25(6-7-31-17)14-3-1-2-11(9-14)21(29)30/h1-5,8-9,16-17,26H,6-7,10H2,(H2,22,23)(H,24,27)(H,29,30)/t16-,17?/m1/s1. The van der Waals surface area contributed by atoms with Crippen LogP contribution in [0.2, 0.25) is 0 Å². The summed E-state index contributed by atoms with van der Waals surface area (Å²) in [6, 6.07) is 10.9. The fourth-order valence-corrected chi connectivity index (χ4v) is 3.59. The molecular weight excluding hydrogens is 404 g/mol. The molecule has 1 fully saturated rings. The average molecular weight is 424 g/mol. The molecule has 1 unspecified atom stereocenters. The summed E-state index contributed by atoms with van der Waals surface area (Å²) >= 11 is 0. The van der Waals surface area contributed by atoms with Gasteiger partial charge in [0.1, 0.15) is 5.84 Å². The van der Waals surface area contributed by atoms with Gasteiger partial charge in [0, 0.05) is 30.0 Å². The molecule has 2 amide bonds. The van der Waals surface area contributed by atoms with Crippen molar-refractivity contribution in [2.45, 2.75) is 18.8 Å². The fourth-order valence-electron chi connectivity index (χ4n) is 3.59. The van der Waals surface area contributed by atoms with Crippen molar-refractivity contribution in [1.82, 2.24) is 5.32 Å².